The second-order valence-corrected chi connectivity index (χ2v) is 7.74. The molecule has 9 heteroatoms. The van der Waals surface area contributed by atoms with Crippen molar-refractivity contribution >= 4 is 17.7 Å². The topological polar surface area (TPSA) is 69.0 Å². The average Bonchev–Trinajstić information content (AvgIpc) is 3.10. The summed E-state index contributed by atoms with van der Waals surface area (Å²) in [7, 11) is 0. The lowest BCUT2D eigenvalue weighted by Gasteiger charge is -2.22. The highest BCUT2D eigenvalue weighted by Gasteiger charge is 2.18. The maximum absolute atomic E-state index is 12.3. The van der Waals surface area contributed by atoms with Crippen LogP contribution in [-0.4, -0.2) is 39.1 Å². The first-order valence-corrected chi connectivity index (χ1v) is 10.6. The van der Waals surface area contributed by atoms with E-state index in [-0.39, 0.29) is 23.5 Å². The summed E-state index contributed by atoms with van der Waals surface area (Å²) in [4.78, 5) is 12.3. The molecule has 0 radical (unpaired) electrons. The Hall–Kier alpha value is -2.42. The van der Waals surface area contributed by atoms with Gasteiger partial charge >= 0.3 is 6.61 Å². The summed E-state index contributed by atoms with van der Waals surface area (Å²) in [5.74, 6) is 0.897. The van der Waals surface area contributed by atoms with Crippen LogP contribution in [0.2, 0.25) is 0 Å². The van der Waals surface area contributed by atoms with Gasteiger partial charge in [-0.15, -0.1) is 16.8 Å². The number of thioether (sulfide) groups is 1. The van der Waals surface area contributed by atoms with E-state index in [4.69, 9.17) is 0 Å². The quantitative estimate of drug-likeness (QED) is 0.483. The number of amides is 1. The first-order chi connectivity index (χ1) is 14.1. The molecule has 1 N–H and O–H groups in total. The lowest BCUT2D eigenvalue weighted by Crippen LogP contribution is -2.37. The van der Waals surface area contributed by atoms with E-state index in [9.17, 15) is 13.6 Å². The van der Waals surface area contributed by atoms with E-state index in [1.807, 2.05) is 4.57 Å². The number of carbonyl (C=O) groups excluding carboxylic acids is 1. The van der Waals surface area contributed by atoms with Crippen molar-refractivity contribution in [2.24, 2.45) is 0 Å². The SMILES string of the molecule is C=CCn1c(SCC(=O)NC2CCCCC2)nnc1-c1ccc(OC(F)F)cc1. The summed E-state index contributed by atoms with van der Waals surface area (Å²) >= 11 is 1.32. The molecular formula is C20H24F2N4O2S. The normalized spacial score (nSPS) is 14.7. The van der Waals surface area contributed by atoms with Gasteiger partial charge in [-0.25, -0.2) is 0 Å². The number of halogens is 2. The van der Waals surface area contributed by atoms with Crippen molar-refractivity contribution in [3.63, 3.8) is 0 Å². The summed E-state index contributed by atoms with van der Waals surface area (Å²) in [5, 5.41) is 12.1. The van der Waals surface area contributed by atoms with Crippen molar-refractivity contribution in [1.82, 2.24) is 20.1 Å². The van der Waals surface area contributed by atoms with Crippen LogP contribution in [0.15, 0.2) is 42.1 Å². The standard InChI is InChI=1S/C20H24F2N4O2S/c1-2-12-26-18(14-8-10-16(11-9-14)28-19(21)22)24-25-20(26)29-13-17(27)23-15-6-4-3-5-7-15/h2,8-11,15,19H,1,3-7,12-13H2,(H,23,27). The van der Waals surface area contributed by atoms with Crippen molar-refractivity contribution < 1.29 is 18.3 Å². The summed E-state index contributed by atoms with van der Waals surface area (Å²) in [6, 6.07) is 6.47. The molecule has 0 unspecified atom stereocenters. The van der Waals surface area contributed by atoms with Crippen LogP contribution in [-0.2, 0) is 11.3 Å². The number of alkyl halides is 2. The van der Waals surface area contributed by atoms with Crippen molar-refractivity contribution in [3.05, 3.63) is 36.9 Å². The van der Waals surface area contributed by atoms with Crippen LogP contribution in [0, 0.1) is 0 Å². The monoisotopic (exact) mass is 422 g/mol. The third-order valence-corrected chi connectivity index (χ3v) is 5.64. The van der Waals surface area contributed by atoms with Crippen LogP contribution >= 0.6 is 11.8 Å². The lowest BCUT2D eigenvalue weighted by atomic mass is 9.95. The molecule has 0 atom stereocenters. The number of hydrogen-bond acceptors (Lipinski definition) is 5. The smallest absolute Gasteiger partial charge is 0.387 e. The molecule has 29 heavy (non-hydrogen) atoms. The lowest BCUT2D eigenvalue weighted by molar-refractivity contribution is -0.119. The highest BCUT2D eigenvalue weighted by atomic mass is 32.2. The van der Waals surface area contributed by atoms with Crippen LogP contribution in [0.1, 0.15) is 32.1 Å². The van der Waals surface area contributed by atoms with Gasteiger partial charge in [0.2, 0.25) is 5.91 Å². The van der Waals surface area contributed by atoms with Crippen LogP contribution in [0.5, 0.6) is 5.75 Å². The molecule has 1 aromatic carbocycles. The Morgan fingerprint density at radius 2 is 2.00 bits per heavy atom. The third kappa shape index (κ3) is 6.03. The highest BCUT2D eigenvalue weighted by Crippen LogP contribution is 2.26. The second-order valence-electron chi connectivity index (χ2n) is 6.80. The molecule has 0 saturated heterocycles. The van der Waals surface area contributed by atoms with Crippen LogP contribution < -0.4 is 10.1 Å². The van der Waals surface area contributed by atoms with Crippen molar-refractivity contribution in [2.75, 3.05) is 5.75 Å². The third-order valence-electron chi connectivity index (χ3n) is 4.67. The van der Waals surface area contributed by atoms with E-state index in [1.54, 1.807) is 18.2 Å². The summed E-state index contributed by atoms with van der Waals surface area (Å²) < 4.78 is 30.8. The minimum absolute atomic E-state index is 0.00916. The molecule has 1 fully saturated rings. The molecule has 0 aliphatic heterocycles. The molecule has 6 nitrogen and oxygen atoms in total. The molecular weight excluding hydrogens is 398 g/mol. The number of hydrogen-bond donors (Lipinski definition) is 1. The van der Waals surface area contributed by atoms with Crippen molar-refractivity contribution in [1.29, 1.82) is 0 Å². The Bertz CT molecular complexity index is 820. The van der Waals surface area contributed by atoms with Gasteiger partial charge in [-0.05, 0) is 37.1 Å². The molecule has 1 aliphatic rings. The Balaban J connectivity index is 1.66. The van der Waals surface area contributed by atoms with Gasteiger partial charge in [0.1, 0.15) is 5.75 Å². The summed E-state index contributed by atoms with van der Waals surface area (Å²) in [5.41, 5.74) is 0.708. The predicted octanol–water partition coefficient (Wildman–Crippen LogP) is 4.27. The fourth-order valence-corrected chi connectivity index (χ4v) is 4.09. The zero-order valence-electron chi connectivity index (χ0n) is 16.0. The van der Waals surface area contributed by atoms with Gasteiger partial charge in [-0.3, -0.25) is 9.36 Å². The fraction of sp³-hybridized carbons (Fsp3) is 0.450. The van der Waals surface area contributed by atoms with Gasteiger partial charge < -0.3 is 10.1 Å². The predicted molar refractivity (Wildman–Crippen MR) is 108 cm³/mol. The zero-order valence-corrected chi connectivity index (χ0v) is 16.8. The van der Waals surface area contributed by atoms with Gasteiger partial charge in [0.25, 0.3) is 0 Å². The molecule has 0 bridgehead atoms. The van der Waals surface area contributed by atoms with E-state index in [1.165, 1.54) is 30.3 Å². The van der Waals surface area contributed by atoms with E-state index < -0.39 is 6.61 Å². The average molecular weight is 423 g/mol. The zero-order chi connectivity index (χ0) is 20.6. The number of nitrogens with one attached hydrogen (secondary N) is 1. The number of allylic oxidation sites excluding steroid dienone is 1. The van der Waals surface area contributed by atoms with Gasteiger partial charge in [0, 0.05) is 18.2 Å². The Morgan fingerprint density at radius 1 is 1.28 bits per heavy atom. The Kier molecular flexibility index (Phi) is 7.62. The van der Waals surface area contributed by atoms with Gasteiger partial charge in [0.15, 0.2) is 11.0 Å². The van der Waals surface area contributed by atoms with Gasteiger partial charge in [-0.2, -0.15) is 8.78 Å². The Labute approximate surface area is 172 Å². The molecule has 1 amide bonds. The molecule has 1 aliphatic carbocycles. The van der Waals surface area contributed by atoms with E-state index >= 15 is 0 Å². The minimum atomic E-state index is -2.87. The molecule has 0 spiro atoms. The van der Waals surface area contributed by atoms with Crippen LogP contribution in [0.25, 0.3) is 11.4 Å². The molecule has 2 aromatic rings. The number of carbonyl (C=O) groups is 1. The van der Waals surface area contributed by atoms with Gasteiger partial charge in [-0.1, -0.05) is 37.1 Å². The van der Waals surface area contributed by atoms with Crippen LogP contribution in [0.4, 0.5) is 8.78 Å². The number of rotatable bonds is 9. The molecule has 1 heterocycles. The minimum Gasteiger partial charge on any atom is -0.435 e. The molecule has 1 saturated carbocycles. The first-order valence-electron chi connectivity index (χ1n) is 9.58. The number of ether oxygens (including phenoxy) is 1. The Morgan fingerprint density at radius 3 is 2.66 bits per heavy atom. The van der Waals surface area contributed by atoms with Crippen molar-refractivity contribution in [3.8, 4) is 17.1 Å². The van der Waals surface area contributed by atoms with Crippen molar-refractivity contribution in [2.45, 2.75) is 56.5 Å². The first kappa shape index (κ1) is 21.3. The number of nitrogens with zero attached hydrogens (tertiary/aromatic N) is 3. The molecule has 156 valence electrons. The van der Waals surface area contributed by atoms with E-state index in [0.717, 1.165) is 25.7 Å². The fourth-order valence-electron chi connectivity index (χ4n) is 3.33. The number of benzene rings is 1. The molecule has 3 rings (SSSR count). The maximum atomic E-state index is 12.3. The van der Waals surface area contributed by atoms with Crippen LogP contribution in [0.3, 0.4) is 0 Å². The maximum Gasteiger partial charge on any atom is 0.387 e. The second kappa shape index (κ2) is 10.4. The number of aromatic nitrogens is 3. The van der Waals surface area contributed by atoms with E-state index in [0.29, 0.717) is 23.1 Å². The van der Waals surface area contributed by atoms with Gasteiger partial charge in [0.05, 0.1) is 5.75 Å². The highest BCUT2D eigenvalue weighted by molar-refractivity contribution is 7.99. The summed E-state index contributed by atoms with van der Waals surface area (Å²) in [6.45, 7) is 1.36. The molecule has 1 aromatic heterocycles. The summed E-state index contributed by atoms with van der Waals surface area (Å²) in [6.07, 6.45) is 7.36. The van der Waals surface area contributed by atoms with E-state index in [2.05, 4.69) is 26.8 Å². The largest absolute Gasteiger partial charge is 0.435 e.